The average molecular weight is 258 g/mol. The van der Waals surface area contributed by atoms with Gasteiger partial charge in [0.1, 0.15) is 5.75 Å². The van der Waals surface area contributed by atoms with Gasteiger partial charge in [0.15, 0.2) is 0 Å². The fourth-order valence-corrected chi connectivity index (χ4v) is 2.83. The van der Waals surface area contributed by atoms with Crippen LogP contribution in [0, 0.1) is 0 Å². The van der Waals surface area contributed by atoms with Crippen LogP contribution in [0.1, 0.15) is 18.1 Å². The van der Waals surface area contributed by atoms with Crippen molar-refractivity contribution in [2.75, 3.05) is 13.2 Å². The Morgan fingerprint density at radius 2 is 2.38 bits per heavy atom. The van der Waals surface area contributed by atoms with Crippen molar-refractivity contribution in [1.82, 2.24) is 0 Å². The maximum atomic E-state index is 6.09. The van der Waals surface area contributed by atoms with Crippen molar-refractivity contribution >= 4 is 23.4 Å². The van der Waals surface area contributed by atoms with Gasteiger partial charge in [-0.05, 0) is 17.7 Å². The summed E-state index contributed by atoms with van der Waals surface area (Å²) in [4.78, 5) is 0. The second-order valence-electron chi connectivity index (χ2n) is 4.01. The minimum Gasteiger partial charge on any atom is -0.493 e. The maximum Gasteiger partial charge on any atom is 0.126 e. The largest absolute Gasteiger partial charge is 0.493 e. The molecule has 0 amide bonds. The van der Waals surface area contributed by atoms with Gasteiger partial charge in [-0.1, -0.05) is 18.5 Å². The molecular weight excluding hydrogens is 242 g/mol. The summed E-state index contributed by atoms with van der Waals surface area (Å²) in [5.74, 6) is 1.96. The number of ether oxygens (including phenoxy) is 1. The van der Waals surface area contributed by atoms with E-state index in [2.05, 4.69) is 6.92 Å². The van der Waals surface area contributed by atoms with Crippen LogP contribution in [0.4, 0.5) is 0 Å². The molecule has 0 spiro atoms. The van der Waals surface area contributed by atoms with Crippen molar-refractivity contribution in [3.63, 3.8) is 0 Å². The summed E-state index contributed by atoms with van der Waals surface area (Å²) in [6.45, 7) is 3.62. The third-order valence-corrected chi connectivity index (χ3v) is 4.14. The first-order valence-electron chi connectivity index (χ1n) is 5.46. The summed E-state index contributed by atoms with van der Waals surface area (Å²) < 4.78 is 5.65. The molecule has 0 fully saturated rings. The predicted molar refractivity (Wildman–Crippen MR) is 70.5 cm³/mol. The van der Waals surface area contributed by atoms with Crippen molar-refractivity contribution in [3.8, 4) is 5.75 Å². The first-order chi connectivity index (χ1) is 7.70. The van der Waals surface area contributed by atoms with E-state index in [0.29, 0.717) is 11.8 Å². The molecule has 1 aliphatic rings. The summed E-state index contributed by atoms with van der Waals surface area (Å²) in [6, 6.07) is 4.01. The number of nitrogens with two attached hydrogens (primary N) is 1. The Morgan fingerprint density at radius 3 is 3.12 bits per heavy atom. The first-order valence-corrected chi connectivity index (χ1v) is 6.89. The summed E-state index contributed by atoms with van der Waals surface area (Å²) in [5, 5.41) is 1.27. The SMILES string of the molecule is CC(CN)SCc1cc(Cl)cc2c1OCC2. The zero-order valence-corrected chi connectivity index (χ0v) is 10.9. The molecule has 2 nitrogen and oxygen atoms in total. The van der Waals surface area contributed by atoms with Gasteiger partial charge in [-0.25, -0.2) is 0 Å². The topological polar surface area (TPSA) is 35.2 Å². The van der Waals surface area contributed by atoms with E-state index in [-0.39, 0.29) is 0 Å². The van der Waals surface area contributed by atoms with Crippen LogP contribution in [0.15, 0.2) is 12.1 Å². The predicted octanol–water partition coefficient (Wildman–Crippen LogP) is 2.86. The second kappa shape index (κ2) is 5.30. The second-order valence-corrected chi connectivity index (χ2v) is 5.87. The highest BCUT2D eigenvalue weighted by Crippen LogP contribution is 2.35. The van der Waals surface area contributed by atoms with Crippen LogP contribution in [0.5, 0.6) is 5.75 Å². The molecule has 88 valence electrons. The normalized spacial score (nSPS) is 15.7. The number of hydrogen-bond donors (Lipinski definition) is 1. The quantitative estimate of drug-likeness (QED) is 0.901. The van der Waals surface area contributed by atoms with Gasteiger partial charge in [-0.3, -0.25) is 0 Å². The van der Waals surface area contributed by atoms with Crippen molar-refractivity contribution in [2.45, 2.75) is 24.3 Å². The van der Waals surface area contributed by atoms with E-state index in [4.69, 9.17) is 22.1 Å². The summed E-state index contributed by atoms with van der Waals surface area (Å²) >= 11 is 7.93. The van der Waals surface area contributed by atoms with Crippen molar-refractivity contribution in [3.05, 3.63) is 28.3 Å². The number of rotatable bonds is 4. The van der Waals surface area contributed by atoms with Gasteiger partial charge in [0.2, 0.25) is 0 Å². The van der Waals surface area contributed by atoms with Gasteiger partial charge in [0, 0.05) is 34.6 Å². The monoisotopic (exact) mass is 257 g/mol. The maximum absolute atomic E-state index is 6.09. The lowest BCUT2D eigenvalue weighted by molar-refractivity contribution is 0.354. The molecule has 4 heteroatoms. The lowest BCUT2D eigenvalue weighted by Crippen LogP contribution is -2.12. The lowest BCUT2D eigenvalue weighted by Gasteiger charge is -2.11. The number of benzene rings is 1. The van der Waals surface area contributed by atoms with Crippen LogP contribution in [-0.4, -0.2) is 18.4 Å². The van der Waals surface area contributed by atoms with Gasteiger partial charge >= 0.3 is 0 Å². The molecular formula is C12H16ClNOS. The highest BCUT2D eigenvalue weighted by molar-refractivity contribution is 7.99. The first kappa shape index (κ1) is 12.1. The molecule has 0 aliphatic carbocycles. The Hall–Kier alpha value is -0.380. The van der Waals surface area contributed by atoms with Crippen LogP contribution in [-0.2, 0) is 12.2 Å². The number of hydrogen-bond acceptors (Lipinski definition) is 3. The number of halogens is 1. The van der Waals surface area contributed by atoms with Crippen LogP contribution >= 0.6 is 23.4 Å². The fourth-order valence-electron chi connectivity index (χ4n) is 1.75. The molecule has 0 radical (unpaired) electrons. The fraction of sp³-hybridized carbons (Fsp3) is 0.500. The molecule has 0 saturated carbocycles. The zero-order chi connectivity index (χ0) is 11.5. The standard InChI is InChI=1S/C12H16ClNOS/c1-8(6-14)16-7-10-5-11(13)4-9-2-3-15-12(9)10/h4-5,8H,2-3,6-7,14H2,1H3. The Kier molecular flexibility index (Phi) is 4.00. The Balaban J connectivity index is 2.14. The van der Waals surface area contributed by atoms with Crippen LogP contribution in [0.25, 0.3) is 0 Å². The summed E-state index contributed by atoms with van der Waals surface area (Å²) in [7, 11) is 0. The summed E-state index contributed by atoms with van der Waals surface area (Å²) in [6.07, 6.45) is 0.972. The minimum absolute atomic E-state index is 0.469. The Morgan fingerprint density at radius 1 is 1.56 bits per heavy atom. The number of fused-ring (bicyclic) bond motifs is 1. The van der Waals surface area contributed by atoms with E-state index in [0.717, 1.165) is 29.6 Å². The third-order valence-electron chi connectivity index (χ3n) is 2.68. The molecule has 16 heavy (non-hydrogen) atoms. The zero-order valence-electron chi connectivity index (χ0n) is 9.33. The average Bonchev–Trinajstić information content (AvgIpc) is 2.73. The van der Waals surface area contributed by atoms with E-state index in [9.17, 15) is 0 Å². The van der Waals surface area contributed by atoms with E-state index in [1.54, 1.807) is 0 Å². The molecule has 0 bridgehead atoms. The van der Waals surface area contributed by atoms with Gasteiger partial charge in [-0.2, -0.15) is 11.8 Å². The molecule has 1 unspecified atom stereocenters. The van der Waals surface area contributed by atoms with E-state index < -0.39 is 0 Å². The number of thioether (sulfide) groups is 1. The van der Waals surface area contributed by atoms with Gasteiger partial charge in [0.05, 0.1) is 6.61 Å². The van der Waals surface area contributed by atoms with Crippen molar-refractivity contribution in [2.24, 2.45) is 5.73 Å². The lowest BCUT2D eigenvalue weighted by atomic mass is 10.1. The van der Waals surface area contributed by atoms with Crippen LogP contribution in [0.2, 0.25) is 5.02 Å². The molecule has 1 aliphatic heterocycles. The van der Waals surface area contributed by atoms with E-state index >= 15 is 0 Å². The molecule has 2 N–H and O–H groups in total. The summed E-state index contributed by atoms with van der Waals surface area (Å²) in [5.41, 5.74) is 8.04. The molecule has 1 aromatic carbocycles. The molecule has 1 heterocycles. The van der Waals surface area contributed by atoms with E-state index in [1.807, 2.05) is 23.9 Å². The smallest absolute Gasteiger partial charge is 0.126 e. The molecule has 0 saturated heterocycles. The Labute approximate surface area is 105 Å². The van der Waals surface area contributed by atoms with Crippen LogP contribution in [0.3, 0.4) is 0 Å². The minimum atomic E-state index is 0.469. The van der Waals surface area contributed by atoms with Crippen molar-refractivity contribution < 1.29 is 4.74 Å². The van der Waals surface area contributed by atoms with E-state index in [1.165, 1.54) is 11.1 Å². The molecule has 1 aromatic rings. The Bertz CT molecular complexity index is 384. The van der Waals surface area contributed by atoms with Crippen molar-refractivity contribution in [1.29, 1.82) is 0 Å². The van der Waals surface area contributed by atoms with Crippen LogP contribution < -0.4 is 10.5 Å². The van der Waals surface area contributed by atoms with Gasteiger partial charge < -0.3 is 10.5 Å². The van der Waals surface area contributed by atoms with Gasteiger partial charge in [0.25, 0.3) is 0 Å². The van der Waals surface area contributed by atoms with Gasteiger partial charge in [-0.15, -0.1) is 0 Å². The molecule has 0 aromatic heterocycles. The third kappa shape index (κ3) is 2.65. The molecule has 2 rings (SSSR count). The highest BCUT2D eigenvalue weighted by atomic mass is 35.5. The highest BCUT2D eigenvalue weighted by Gasteiger charge is 2.17. The molecule has 1 atom stereocenters.